The van der Waals surface area contributed by atoms with Crippen molar-refractivity contribution < 1.29 is 19.3 Å². The van der Waals surface area contributed by atoms with Crippen LogP contribution in [0.4, 0.5) is 0 Å². The van der Waals surface area contributed by atoms with Crippen molar-refractivity contribution in [1.82, 2.24) is 14.5 Å². The van der Waals surface area contributed by atoms with Gasteiger partial charge in [0.05, 0.1) is 17.9 Å². The molecule has 138 valence electrons. The van der Waals surface area contributed by atoms with Crippen molar-refractivity contribution in [3.8, 4) is 11.3 Å². The van der Waals surface area contributed by atoms with E-state index in [0.717, 1.165) is 0 Å². The van der Waals surface area contributed by atoms with Crippen LogP contribution in [0.2, 0.25) is 0 Å². The number of aliphatic hydroxyl groups excluding tert-OH is 1. The summed E-state index contributed by atoms with van der Waals surface area (Å²) in [6.45, 7) is 3.24. The molecule has 2 N–H and O–H groups in total. The second-order valence-electron chi connectivity index (χ2n) is 6.74. The van der Waals surface area contributed by atoms with E-state index in [1.54, 1.807) is 38.2 Å². The lowest BCUT2D eigenvalue weighted by Crippen LogP contribution is -2.38. The lowest BCUT2D eigenvalue weighted by molar-refractivity contribution is -0.200. The average molecular weight is 361 g/mol. The van der Waals surface area contributed by atoms with E-state index in [4.69, 9.17) is 14.2 Å². The molecule has 26 heavy (non-hydrogen) atoms. The Kier molecular flexibility index (Phi) is 4.03. The zero-order valence-electron chi connectivity index (χ0n) is 14.3. The van der Waals surface area contributed by atoms with Crippen LogP contribution in [-0.4, -0.2) is 50.3 Å². The highest BCUT2D eigenvalue weighted by Gasteiger charge is 2.55. The molecule has 2 aromatic rings. The Balaban J connectivity index is 1.78. The molecule has 2 aliphatic rings. The number of aliphatic hydroxyl groups is 1. The fraction of sp³-hybridized carbons (Fsp3) is 0.471. The van der Waals surface area contributed by atoms with Crippen molar-refractivity contribution in [3.63, 3.8) is 0 Å². The molecule has 0 aromatic carbocycles. The van der Waals surface area contributed by atoms with E-state index in [1.165, 1.54) is 10.8 Å². The van der Waals surface area contributed by atoms with E-state index in [2.05, 4.69) is 9.97 Å². The van der Waals surface area contributed by atoms with Crippen LogP contribution in [0.1, 0.15) is 20.1 Å². The highest BCUT2D eigenvalue weighted by atomic mass is 16.8. The monoisotopic (exact) mass is 361 g/mol. The largest absolute Gasteiger partial charge is 0.394 e. The minimum Gasteiger partial charge on any atom is -0.394 e. The molecule has 4 rings (SSSR count). The maximum absolute atomic E-state index is 12.4. The second-order valence-corrected chi connectivity index (χ2v) is 6.74. The Morgan fingerprint density at radius 3 is 2.73 bits per heavy atom. The smallest absolute Gasteiger partial charge is 0.330 e. The van der Waals surface area contributed by atoms with Gasteiger partial charge in [-0.25, -0.2) is 4.79 Å². The van der Waals surface area contributed by atoms with Crippen molar-refractivity contribution in [1.29, 1.82) is 0 Å². The van der Waals surface area contributed by atoms with Crippen molar-refractivity contribution in [2.24, 2.45) is 0 Å². The van der Waals surface area contributed by atoms with Gasteiger partial charge in [-0.3, -0.25) is 19.3 Å². The summed E-state index contributed by atoms with van der Waals surface area (Å²) in [6.07, 6.45) is 0.374. The van der Waals surface area contributed by atoms with Crippen molar-refractivity contribution >= 4 is 0 Å². The van der Waals surface area contributed by atoms with Crippen LogP contribution >= 0.6 is 0 Å². The van der Waals surface area contributed by atoms with E-state index in [9.17, 15) is 14.7 Å². The quantitative estimate of drug-likeness (QED) is 0.791. The lowest BCUT2D eigenvalue weighted by atomic mass is 10.1. The zero-order valence-corrected chi connectivity index (χ0v) is 14.3. The number of nitrogens with zero attached hydrogens (tertiary/aromatic N) is 2. The predicted molar refractivity (Wildman–Crippen MR) is 89.4 cm³/mol. The molecule has 2 saturated heterocycles. The first-order valence-electron chi connectivity index (χ1n) is 8.28. The molecule has 0 unspecified atom stereocenters. The Labute approximate surface area is 148 Å². The third kappa shape index (κ3) is 2.78. The molecule has 0 radical (unpaired) electrons. The number of pyridine rings is 1. The highest BCUT2D eigenvalue weighted by molar-refractivity contribution is 5.55. The Morgan fingerprint density at radius 1 is 1.27 bits per heavy atom. The average Bonchev–Trinajstić information content (AvgIpc) is 3.09. The fourth-order valence-corrected chi connectivity index (χ4v) is 3.41. The van der Waals surface area contributed by atoms with Gasteiger partial charge in [-0.2, -0.15) is 0 Å². The summed E-state index contributed by atoms with van der Waals surface area (Å²) in [6, 6.07) is 5.15. The second kappa shape index (κ2) is 6.13. The highest BCUT2D eigenvalue weighted by Crippen LogP contribution is 2.42. The zero-order chi connectivity index (χ0) is 18.5. The van der Waals surface area contributed by atoms with Gasteiger partial charge >= 0.3 is 5.69 Å². The molecule has 4 heterocycles. The molecule has 0 aliphatic carbocycles. The van der Waals surface area contributed by atoms with Crippen LogP contribution in [0.15, 0.2) is 40.2 Å². The van der Waals surface area contributed by atoms with Gasteiger partial charge in [0.15, 0.2) is 12.0 Å². The fourth-order valence-electron chi connectivity index (χ4n) is 3.41. The minimum atomic E-state index is -0.861. The Morgan fingerprint density at radius 2 is 2.04 bits per heavy atom. The van der Waals surface area contributed by atoms with Crippen molar-refractivity contribution in [2.75, 3.05) is 6.61 Å². The molecular formula is C17H19N3O6. The van der Waals surface area contributed by atoms with Crippen LogP contribution in [-0.2, 0) is 14.2 Å². The van der Waals surface area contributed by atoms with Crippen molar-refractivity contribution in [3.05, 3.63) is 51.4 Å². The summed E-state index contributed by atoms with van der Waals surface area (Å²) in [5, 5.41) is 9.58. The third-order valence-corrected chi connectivity index (χ3v) is 4.49. The van der Waals surface area contributed by atoms with E-state index in [1.807, 2.05) is 0 Å². The van der Waals surface area contributed by atoms with Gasteiger partial charge in [0.1, 0.15) is 18.3 Å². The standard InChI is InChI=1S/C17H19N3O6/c1-17(2)25-12-11(8-21)24-15(13(12)26-17)20-7-9(14(22)19-16(20)23)10-5-3-4-6-18-10/h3-7,11-13,15,21H,8H2,1-2H3,(H,19,22,23)/t11-,12-,13-,15-/m1/s1. The van der Waals surface area contributed by atoms with Crippen LogP contribution in [0, 0.1) is 0 Å². The van der Waals surface area contributed by atoms with Gasteiger partial charge < -0.3 is 19.3 Å². The minimum absolute atomic E-state index is 0.232. The molecule has 2 fully saturated rings. The number of ether oxygens (including phenoxy) is 3. The summed E-state index contributed by atoms with van der Waals surface area (Å²) in [5.41, 5.74) is -0.511. The van der Waals surface area contributed by atoms with E-state index < -0.39 is 41.6 Å². The SMILES string of the molecule is CC1(C)O[C@@H]2[C@H](O1)[C@@H](CO)O[C@H]2n1cc(-c2ccccn2)c(=O)[nH]c1=O. The number of H-pyrrole nitrogens is 1. The molecule has 0 bridgehead atoms. The van der Waals surface area contributed by atoms with Crippen LogP contribution in [0.5, 0.6) is 0 Å². The molecule has 0 saturated carbocycles. The molecule has 4 atom stereocenters. The molecule has 2 aromatic heterocycles. The van der Waals surface area contributed by atoms with Gasteiger partial charge in [-0.05, 0) is 26.0 Å². The number of hydrogen-bond acceptors (Lipinski definition) is 7. The molecule has 9 nitrogen and oxygen atoms in total. The maximum Gasteiger partial charge on any atom is 0.330 e. The third-order valence-electron chi connectivity index (χ3n) is 4.49. The van der Waals surface area contributed by atoms with E-state index >= 15 is 0 Å². The first-order chi connectivity index (χ1) is 12.4. The summed E-state index contributed by atoms with van der Waals surface area (Å²) >= 11 is 0. The number of aromatic nitrogens is 3. The van der Waals surface area contributed by atoms with Crippen LogP contribution in [0.3, 0.4) is 0 Å². The van der Waals surface area contributed by atoms with Crippen molar-refractivity contribution in [2.45, 2.75) is 44.2 Å². The van der Waals surface area contributed by atoms with Gasteiger partial charge in [0.2, 0.25) is 0 Å². The molecular weight excluding hydrogens is 342 g/mol. The number of nitrogens with one attached hydrogen (secondary N) is 1. The first-order valence-corrected chi connectivity index (χ1v) is 8.28. The van der Waals surface area contributed by atoms with Crippen LogP contribution < -0.4 is 11.2 Å². The first kappa shape index (κ1) is 17.1. The number of rotatable bonds is 3. The molecule has 0 spiro atoms. The topological polar surface area (TPSA) is 116 Å². The number of fused-ring (bicyclic) bond motifs is 1. The number of aromatic amines is 1. The van der Waals surface area contributed by atoms with E-state index in [-0.39, 0.29) is 12.2 Å². The Hall–Kier alpha value is -2.33. The van der Waals surface area contributed by atoms with Crippen LogP contribution in [0.25, 0.3) is 11.3 Å². The maximum atomic E-state index is 12.4. The summed E-state index contributed by atoms with van der Waals surface area (Å²) in [4.78, 5) is 31.1. The normalized spacial score (nSPS) is 29.7. The van der Waals surface area contributed by atoms with Gasteiger partial charge in [0, 0.05) is 12.4 Å². The lowest BCUT2D eigenvalue weighted by Gasteiger charge is -2.24. The Bertz CT molecular complexity index is 922. The molecule has 9 heteroatoms. The van der Waals surface area contributed by atoms with E-state index in [0.29, 0.717) is 5.69 Å². The summed E-state index contributed by atoms with van der Waals surface area (Å²) < 4.78 is 18.7. The van der Waals surface area contributed by atoms with Gasteiger partial charge in [0.25, 0.3) is 5.56 Å². The number of hydrogen-bond donors (Lipinski definition) is 2. The molecule has 2 aliphatic heterocycles. The van der Waals surface area contributed by atoms with Gasteiger partial charge in [-0.15, -0.1) is 0 Å². The summed E-state index contributed by atoms with van der Waals surface area (Å²) in [5.74, 6) is -0.861. The molecule has 0 amide bonds. The summed E-state index contributed by atoms with van der Waals surface area (Å²) in [7, 11) is 0. The van der Waals surface area contributed by atoms with Gasteiger partial charge in [-0.1, -0.05) is 6.07 Å². The predicted octanol–water partition coefficient (Wildman–Crippen LogP) is 0.00840.